The highest BCUT2D eigenvalue weighted by Gasteiger charge is 2.11. The molecule has 0 aliphatic rings. The largest absolute Gasteiger partial charge is 0.391 e. The van der Waals surface area contributed by atoms with Crippen molar-refractivity contribution in [2.75, 3.05) is 36.8 Å². The summed E-state index contributed by atoms with van der Waals surface area (Å²) in [6.07, 6.45) is 1.38. The van der Waals surface area contributed by atoms with Gasteiger partial charge in [-0.15, -0.1) is 0 Å². The van der Waals surface area contributed by atoms with E-state index in [0.29, 0.717) is 5.82 Å². The minimum atomic E-state index is -0.285. The van der Waals surface area contributed by atoms with Gasteiger partial charge in [-0.3, -0.25) is 4.79 Å². The van der Waals surface area contributed by atoms with E-state index >= 15 is 0 Å². The third kappa shape index (κ3) is 2.96. The van der Waals surface area contributed by atoms with Crippen LogP contribution in [0, 0.1) is 0 Å². The Morgan fingerprint density at radius 1 is 1.56 bits per heavy atom. The highest BCUT2D eigenvalue weighted by molar-refractivity contribution is 5.60. The summed E-state index contributed by atoms with van der Waals surface area (Å²) in [7, 11) is 0. The maximum absolute atomic E-state index is 11.3. The second-order valence-electron chi connectivity index (χ2n) is 3.40. The molecule has 0 atom stereocenters. The molecule has 0 amide bonds. The molecule has 1 rings (SSSR count). The van der Waals surface area contributed by atoms with Gasteiger partial charge in [-0.2, -0.15) is 0 Å². The summed E-state index contributed by atoms with van der Waals surface area (Å²) in [6.45, 7) is 7.38. The van der Waals surface area contributed by atoms with Crippen LogP contribution in [0.4, 0.5) is 11.5 Å². The third-order valence-electron chi connectivity index (χ3n) is 2.36. The first-order valence-electron chi connectivity index (χ1n) is 5.49. The van der Waals surface area contributed by atoms with Gasteiger partial charge in [0.05, 0.1) is 6.33 Å². The van der Waals surface area contributed by atoms with Gasteiger partial charge in [-0.05, 0) is 13.5 Å². The smallest absolute Gasteiger partial charge is 0.276 e. The number of hydrogen-bond donors (Lipinski definition) is 3. The topological polar surface area (TPSA) is 87.0 Å². The van der Waals surface area contributed by atoms with E-state index in [1.54, 1.807) is 0 Å². The molecule has 1 heterocycles. The van der Waals surface area contributed by atoms with Crippen molar-refractivity contribution in [1.29, 1.82) is 0 Å². The van der Waals surface area contributed by atoms with Crippen molar-refractivity contribution >= 4 is 11.5 Å². The van der Waals surface area contributed by atoms with Gasteiger partial charge in [0.15, 0.2) is 5.82 Å². The van der Waals surface area contributed by atoms with Gasteiger partial charge >= 0.3 is 0 Å². The Morgan fingerprint density at radius 3 is 2.94 bits per heavy atom. The molecule has 4 N–H and O–H groups in total. The van der Waals surface area contributed by atoms with Crippen LogP contribution in [0.1, 0.15) is 13.8 Å². The molecule has 6 heteroatoms. The molecule has 1 aromatic rings. The van der Waals surface area contributed by atoms with Crippen LogP contribution in [-0.4, -0.2) is 36.1 Å². The number of hydrogen-bond acceptors (Lipinski definition) is 5. The number of nitrogens with two attached hydrogens (primary N) is 1. The van der Waals surface area contributed by atoms with Crippen LogP contribution in [0.15, 0.2) is 11.1 Å². The minimum absolute atomic E-state index is 0.181. The van der Waals surface area contributed by atoms with Crippen molar-refractivity contribution in [3.63, 3.8) is 0 Å². The summed E-state index contributed by atoms with van der Waals surface area (Å²) in [4.78, 5) is 19.9. The van der Waals surface area contributed by atoms with Crippen LogP contribution in [0.3, 0.4) is 0 Å². The second-order valence-corrected chi connectivity index (χ2v) is 3.40. The Balaban J connectivity index is 2.78. The number of aromatic nitrogens is 2. The molecule has 0 radical (unpaired) electrons. The quantitative estimate of drug-likeness (QED) is 0.583. The SMILES string of the molecule is CCNCCN(CC)c1nc[nH]c(=O)c1N. The Bertz CT molecular complexity index is 376. The van der Waals surface area contributed by atoms with Gasteiger partial charge in [0.1, 0.15) is 5.69 Å². The zero-order chi connectivity index (χ0) is 12.0. The van der Waals surface area contributed by atoms with Gasteiger partial charge < -0.3 is 20.9 Å². The van der Waals surface area contributed by atoms with Gasteiger partial charge in [0.2, 0.25) is 0 Å². The Labute approximate surface area is 94.9 Å². The fraction of sp³-hybridized carbons (Fsp3) is 0.600. The zero-order valence-corrected chi connectivity index (χ0v) is 9.79. The van der Waals surface area contributed by atoms with Crippen LogP contribution >= 0.6 is 0 Å². The summed E-state index contributed by atoms with van der Waals surface area (Å²) in [5.41, 5.74) is 5.59. The van der Waals surface area contributed by atoms with Crippen molar-refractivity contribution in [3.8, 4) is 0 Å². The number of rotatable bonds is 6. The first-order valence-corrected chi connectivity index (χ1v) is 5.49. The normalized spacial score (nSPS) is 10.4. The van der Waals surface area contributed by atoms with Crippen molar-refractivity contribution in [2.45, 2.75) is 13.8 Å². The van der Waals surface area contributed by atoms with Gasteiger partial charge in [-0.1, -0.05) is 6.92 Å². The molecule has 0 saturated carbocycles. The Kier molecular flexibility index (Phi) is 4.78. The molecule has 0 aromatic carbocycles. The maximum Gasteiger partial charge on any atom is 0.276 e. The molecular formula is C10H19N5O. The number of nitrogens with one attached hydrogen (secondary N) is 2. The lowest BCUT2D eigenvalue weighted by molar-refractivity contribution is 0.683. The van der Waals surface area contributed by atoms with Gasteiger partial charge in [0.25, 0.3) is 5.56 Å². The van der Waals surface area contributed by atoms with Crippen molar-refractivity contribution in [1.82, 2.24) is 15.3 Å². The van der Waals surface area contributed by atoms with Crippen LogP contribution in [0.2, 0.25) is 0 Å². The molecule has 0 bridgehead atoms. The minimum Gasteiger partial charge on any atom is -0.391 e. The lowest BCUT2D eigenvalue weighted by Gasteiger charge is -2.22. The molecule has 0 aliphatic carbocycles. The monoisotopic (exact) mass is 225 g/mol. The van der Waals surface area contributed by atoms with Crippen LogP contribution in [0.5, 0.6) is 0 Å². The fourth-order valence-electron chi connectivity index (χ4n) is 1.46. The van der Waals surface area contributed by atoms with E-state index in [0.717, 1.165) is 26.2 Å². The Hall–Kier alpha value is -1.56. The standard InChI is InChI=1S/C10H19N5O/c1-3-12-5-6-15(4-2)9-8(11)10(16)14-7-13-9/h7,12H,3-6,11H2,1-2H3,(H,13,14,16). The number of anilines is 2. The number of H-pyrrole nitrogens is 1. The number of nitrogen functional groups attached to an aromatic ring is 1. The highest BCUT2D eigenvalue weighted by atomic mass is 16.1. The van der Waals surface area contributed by atoms with Gasteiger partial charge in [0, 0.05) is 19.6 Å². The summed E-state index contributed by atoms with van der Waals surface area (Å²) in [5, 5.41) is 3.22. The Morgan fingerprint density at radius 2 is 2.31 bits per heavy atom. The van der Waals surface area contributed by atoms with E-state index in [1.165, 1.54) is 6.33 Å². The van der Waals surface area contributed by atoms with Crippen molar-refractivity contribution in [2.24, 2.45) is 0 Å². The van der Waals surface area contributed by atoms with E-state index in [4.69, 9.17) is 5.73 Å². The fourth-order valence-corrected chi connectivity index (χ4v) is 1.46. The first-order chi connectivity index (χ1) is 7.70. The average Bonchev–Trinajstić information content (AvgIpc) is 2.29. The van der Waals surface area contributed by atoms with Crippen molar-refractivity contribution in [3.05, 3.63) is 16.7 Å². The van der Waals surface area contributed by atoms with Crippen LogP contribution < -0.4 is 21.5 Å². The molecular weight excluding hydrogens is 206 g/mol. The van der Waals surface area contributed by atoms with E-state index < -0.39 is 0 Å². The summed E-state index contributed by atoms with van der Waals surface area (Å²) in [6, 6.07) is 0. The molecule has 0 aliphatic heterocycles. The van der Waals surface area contributed by atoms with E-state index in [1.807, 2.05) is 11.8 Å². The number of nitrogens with zero attached hydrogens (tertiary/aromatic N) is 2. The predicted octanol–water partition coefficient (Wildman–Crippen LogP) is -0.212. The number of aromatic amines is 1. The summed E-state index contributed by atoms with van der Waals surface area (Å²) < 4.78 is 0. The molecule has 0 spiro atoms. The lowest BCUT2D eigenvalue weighted by Crippen LogP contribution is -2.34. The average molecular weight is 225 g/mol. The van der Waals surface area contributed by atoms with Crippen LogP contribution in [0.25, 0.3) is 0 Å². The highest BCUT2D eigenvalue weighted by Crippen LogP contribution is 2.13. The van der Waals surface area contributed by atoms with E-state index in [2.05, 4.69) is 22.2 Å². The molecule has 6 nitrogen and oxygen atoms in total. The molecule has 0 unspecified atom stereocenters. The zero-order valence-electron chi connectivity index (χ0n) is 9.79. The summed E-state index contributed by atoms with van der Waals surface area (Å²) >= 11 is 0. The van der Waals surface area contributed by atoms with E-state index in [-0.39, 0.29) is 11.2 Å². The maximum atomic E-state index is 11.3. The first kappa shape index (κ1) is 12.5. The molecule has 90 valence electrons. The van der Waals surface area contributed by atoms with Crippen LogP contribution in [-0.2, 0) is 0 Å². The summed E-state index contributed by atoms with van der Waals surface area (Å²) in [5.74, 6) is 0.559. The van der Waals surface area contributed by atoms with Crippen molar-refractivity contribution < 1.29 is 0 Å². The van der Waals surface area contributed by atoms with E-state index in [9.17, 15) is 4.79 Å². The molecule has 1 aromatic heterocycles. The second kappa shape index (κ2) is 6.12. The molecule has 0 saturated heterocycles. The number of likely N-dealkylation sites (N-methyl/N-ethyl adjacent to an activating group) is 2. The third-order valence-corrected chi connectivity index (χ3v) is 2.36. The van der Waals surface area contributed by atoms with Gasteiger partial charge in [-0.25, -0.2) is 4.98 Å². The molecule has 0 fully saturated rings. The lowest BCUT2D eigenvalue weighted by atomic mass is 10.4. The predicted molar refractivity (Wildman–Crippen MR) is 65.7 cm³/mol. The molecule has 16 heavy (non-hydrogen) atoms.